The van der Waals surface area contributed by atoms with Crippen LogP contribution in [0.15, 0.2) is 30.3 Å². The molecule has 2 heterocycles. The number of nitrogens with zero attached hydrogens (tertiary/aromatic N) is 2. The SMILES string of the molecule is O=C(ON1CCC(CN2CCNCC2)CC1)c1ccccc1. The highest BCUT2D eigenvalue weighted by molar-refractivity contribution is 5.89. The van der Waals surface area contributed by atoms with Crippen molar-refractivity contribution in [3.63, 3.8) is 0 Å². The molecular weight excluding hydrogens is 278 g/mol. The fraction of sp³-hybridized carbons (Fsp3) is 0.588. The molecule has 0 unspecified atom stereocenters. The Morgan fingerprint density at radius 3 is 2.45 bits per heavy atom. The van der Waals surface area contributed by atoms with Gasteiger partial charge in [0.25, 0.3) is 0 Å². The zero-order valence-electron chi connectivity index (χ0n) is 13.0. The van der Waals surface area contributed by atoms with Crippen LogP contribution in [0.5, 0.6) is 0 Å². The number of hydroxylamine groups is 2. The van der Waals surface area contributed by atoms with E-state index in [0.29, 0.717) is 5.56 Å². The summed E-state index contributed by atoms with van der Waals surface area (Å²) in [5.74, 6) is 0.478. The van der Waals surface area contributed by atoms with Gasteiger partial charge in [-0.2, -0.15) is 0 Å². The average Bonchev–Trinajstić information content (AvgIpc) is 2.58. The lowest BCUT2D eigenvalue weighted by atomic mass is 9.97. The van der Waals surface area contributed by atoms with E-state index in [1.807, 2.05) is 23.3 Å². The number of carbonyl (C=O) groups excluding carboxylic acids is 1. The molecule has 5 nitrogen and oxygen atoms in total. The smallest absolute Gasteiger partial charge is 0.357 e. The molecule has 2 aliphatic heterocycles. The van der Waals surface area contributed by atoms with Crippen LogP contribution >= 0.6 is 0 Å². The predicted octanol–water partition coefficient (Wildman–Crippen LogP) is 1.38. The van der Waals surface area contributed by atoms with Crippen molar-refractivity contribution in [1.82, 2.24) is 15.3 Å². The Morgan fingerprint density at radius 2 is 1.77 bits per heavy atom. The van der Waals surface area contributed by atoms with Gasteiger partial charge in [-0.25, -0.2) is 4.79 Å². The Kier molecular flexibility index (Phi) is 5.43. The number of hydrogen-bond donors (Lipinski definition) is 1. The van der Waals surface area contributed by atoms with Gasteiger partial charge < -0.3 is 15.1 Å². The number of piperidine rings is 1. The first kappa shape index (κ1) is 15.5. The lowest BCUT2D eigenvalue weighted by Crippen LogP contribution is -2.47. The number of carbonyl (C=O) groups is 1. The minimum atomic E-state index is -0.249. The largest absolute Gasteiger partial charge is 0.364 e. The summed E-state index contributed by atoms with van der Waals surface area (Å²) >= 11 is 0. The Balaban J connectivity index is 1.41. The maximum Gasteiger partial charge on any atom is 0.357 e. The van der Waals surface area contributed by atoms with Crippen LogP contribution in [-0.4, -0.2) is 61.7 Å². The van der Waals surface area contributed by atoms with Crippen molar-refractivity contribution < 1.29 is 9.63 Å². The van der Waals surface area contributed by atoms with Gasteiger partial charge >= 0.3 is 5.97 Å². The summed E-state index contributed by atoms with van der Waals surface area (Å²) in [5, 5.41) is 5.21. The van der Waals surface area contributed by atoms with Gasteiger partial charge in [-0.3, -0.25) is 0 Å². The molecule has 0 aromatic heterocycles. The van der Waals surface area contributed by atoms with Crippen molar-refractivity contribution in [2.45, 2.75) is 12.8 Å². The van der Waals surface area contributed by atoms with E-state index in [-0.39, 0.29) is 5.97 Å². The maximum atomic E-state index is 12.0. The first-order valence-electron chi connectivity index (χ1n) is 8.26. The lowest BCUT2D eigenvalue weighted by molar-refractivity contribution is -0.127. The van der Waals surface area contributed by atoms with Gasteiger partial charge in [0.15, 0.2) is 0 Å². The zero-order chi connectivity index (χ0) is 15.2. The third kappa shape index (κ3) is 4.29. The van der Waals surface area contributed by atoms with E-state index in [2.05, 4.69) is 10.2 Å². The molecule has 2 fully saturated rings. The van der Waals surface area contributed by atoms with E-state index in [0.717, 1.165) is 58.0 Å². The predicted molar refractivity (Wildman–Crippen MR) is 85.5 cm³/mol. The van der Waals surface area contributed by atoms with Crippen LogP contribution in [0.3, 0.4) is 0 Å². The molecule has 22 heavy (non-hydrogen) atoms. The van der Waals surface area contributed by atoms with Crippen molar-refractivity contribution in [3.05, 3.63) is 35.9 Å². The highest BCUT2D eigenvalue weighted by Gasteiger charge is 2.24. The second-order valence-corrected chi connectivity index (χ2v) is 6.17. The van der Waals surface area contributed by atoms with E-state index in [9.17, 15) is 4.79 Å². The van der Waals surface area contributed by atoms with Gasteiger partial charge in [0.05, 0.1) is 5.56 Å². The number of piperazine rings is 1. The van der Waals surface area contributed by atoms with Crippen LogP contribution in [-0.2, 0) is 4.84 Å². The van der Waals surface area contributed by atoms with Gasteiger partial charge in [0.1, 0.15) is 0 Å². The van der Waals surface area contributed by atoms with E-state index in [4.69, 9.17) is 4.84 Å². The summed E-state index contributed by atoms with van der Waals surface area (Å²) < 4.78 is 0. The Bertz CT molecular complexity index is 466. The topological polar surface area (TPSA) is 44.8 Å². The molecule has 0 saturated carbocycles. The summed E-state index contributed by atoms with van der Waals surface area (Å²) in [6, 6.07) is 9.20. The molecule has 0 amide bonds. The zero-order valence-corrected chi connectivity index (χ0v) is 13.0. The molecule has 0 bridgehead atoms. The maximum absolute atomic E-state index is 12.0. The van der Waals surface area contributed by atoms with Crippen molar-refractivity contribution in [1.29, 1.82) is 0 Å². The molecule has 3 rings (SSSR count). The molecule has 2 saturated heterocycles. The van der Waals surface area contributed by atoms with E-state index >= 15 is 0 Å². The summed E-state index contributed by atoms with van der Waals surface area (Å²) in [6.07, 6.45) is 2.21. The normalized spacial score (nSPS) is 21.6. The van der Waals surface area contributed by atoms with Crippen LogP contribution in [0.1, 0.15) is 23.2 Å². The second kappa shape index (κ2) is 7.72. The van der Waals surface area contributed by atoms with Crippen molar-refractivity contribution in [3.8, 4) is 0 Å². The van der Waals surface area contributed by atoms with Gasteiger partial charge in [0.2, 0.25) is 0 Å². The molecule has 5 heteroatoms. The summed E-state index contributed by atoms with van der Waals surface area (Å²) in [4.78, 5) is 20.1. The molecule has 1 aromatic rings. The Morgan fingerprint density at radius 1 is 1.09 bits per heavy atom. The van der Waals surface area contributed by atoms with Gasteiger partial charge in [-0.1, -0.05) is 18.2 Å². The van der Waals surface area contributed by atoms with Crippen LogP contribution in [0, 0.1) is 5.92 Å². The van der Waals surface area contributed by atoms with Crippen LogP contribution in [0.2, 0.25) is 0 Å². The lowest BCUT2D eigenvalue weighted by Gasteiger charge is -2.35. The highest BCUT2D eigenvalue weighted by Crippen LogP contribution is 2.19. The van der Waals surface area contributed by atoms with E-state index < -0.39 is 0 Å². The average molecular weight is 303 g/mol. The third-order valence-electron chi connectivity index (χ3n) is 4.52. The van der Waals surface area contributed by atoms with Crippen molar-refractivity contribution >= 4 is 5.97 Å². The fourth-order valence-electron chi connectivity index (χ4n) is 3.19. The summed E-state index contributed by atoms with van der Waals surface area (Å²) in [7, 11) is 0. The van der Waals surface area contributed by atoms with Crippen LogP contribution in [0.25, 0.3) is 0 Å². The number of rotatable bonds is 4. The van der Waals surface area contributed by atoms with Gasteiger partial charge in [-0.05, 0) is 30.9 Å². The van der Waals surface area contributed by atoms with Crippen molar-refractivity contribution in [2.75, 3.05) is 45.8 Å². The third-order valence-corrected chi connectivity index (χ3v) is 4.52. The molecule has 0 atom stereocenters. The molecule has 0 spiro atoms. The molecule has 0 radical (unpaired) electrons. The molecular formula is C17H25N3O2. The standard InChI is InChI=1S/C17H25N3O2/c21-17(16-4-2-1-3-5-16)22-20-10-6-15(7-11-20)14-19-12-8-18-9-13-19/h1-5,15,18H,6-14H2. The molecule has 1 N–H and O–H groups in total. The highest BCUT2D eigenvalue weighted by atomic mass is 16.7. The van der Waals surface area contributed by atoms with Crippen LogP contribution < -0.4 is 5.32 Å². The number of hydrogen-bond acceptors (Lipinski definition) is 5. The second-order valence-electron chi connectivity index (χ2n) is 6.17. The molecule has 0 aliphatic carbocycles. The quantitative estimate of drug-likeness (QED) is 0.910. The van der Waals surface area contributed by atoms with Crippen molar-refractivity contribution in [2.24, 2.45) is 5.92 Å². The first-order valence-corrected chi connectivity index (χ1v) is 8.26. The Labute approximate surface area is 132 Å². The summed E-state index contributed by atoms with van der Waals surface area (Å²) in [5.41, 5.74) is 0.616. The minimum absolute atomic E-state index is 0.249. The van der Waals surface area contributed by atoms with E-state index in [1.165, 1.54) is 6.54 Å². The van der Waals surface area contributed by atoms with Gasteiger partial charge in [0, 0.05) is 45.8 Å². The number of benzene rings is 1. The molecule has 120 valence electrons. The van der Waals surface area contributed by atoms with Gasteiger partial charge in [-0.15, -0.1) is 5.06 Å². The molecule has 1 aromatic carbocycles. The van der Waals surface area contributed by atoms with Crippen LogP contribution in [0.4, 0.5) is 0 Å². The molecule has 2 aliphatic rings. The fourth-order valence-corrected chi connectivity index (χ4v) is 3.19. The Hall–Kier alpha value is -1.43. The minimum Gasteiger partial charge on any atom is -0.364 e. The summed E-state index contributed by atoms with van der Waals surface area (Å²) in [6.45, 7) is 7.39. The first-order chi connectivity index (χ1) is 10.8. The van der Waals surface area contributed by atoms with E-state index in [1.54, 1.807) is 12.1 Å². The number of nitrogens with one attached hydrogen (secondary N) is 1. The monoisotopic (exact) mass is 303 g/mol.